The van der Waals surface area contributed by atoms with Gasteiger partial charge in [0.1, 0.15) is 11.6 Å². The van der Waals surface area contributed by atoms with E-state index in [1.54, 1.807) is 25.2 Å². The Morgan fingerprint density at radius 3 is 2.71 bits per heavy atom. The summed E-state index contributed by atoms with van der Waals surface area (Å²) in [6.07, 6.45) is 2.04. The number of nitrogens with one attached hydrogen (secondary N) is 2. The molecule has 1 aromatic heterocycles. The van der Waals surface area contributed by atoms with Gasteiger partial charge in [0.2, 0.25) is 0 Å². The van der Waals surface area contributed by atoms with Crippen LogP contribution in [0.4, 0.5) is 14.6 Å². The van der Waals surface area contributed by atoms with Crippen LogP contribution in [0.5, 0.6) is 5.75 Å². The van der Waals surface area contributed by atoms with Crippen LogP contribution in [0.3, 0.4) is 0 Å². The molecule has 0 radical (unpaired) electrons. The highest BCUT2D eigenvalue weighted by atomic mass is 127. The summed E-state index contributed by atoms with van der Waals surface area (Å²) in [6.45, 7) is 2.40. The lowest BCUT2D eigenvalue weighted by Crippen LogP contribution is -2.41. The lowest BCUT2D eigenvalue weighted by atomic mass is 10.2. The van der Waals surface area contributed by atoms with Crippen LogP contribution in [-0.2, 0) is 17.8 Å². The lowest BCUT2D eigenvalue weighted by Gasteiger charge is -2.32. The first-order valence-corrected chi connectivity index (χ1v) is 9.84. The van der Waals surface area contributed by atoms with Crippen molar-refractivity contribution in [3.05, 3.63) is 53.7 Å². The molecule has 0 bridgehead atoms. The first-order valence-electron chi connectivity index (χ1n) is 9.84. The monoisotopic (exact) mass is 547 g/mol. The minimum Gasteiger partial charge on any atom is -0.434 e. The highest BCUT2D eigenvalue weighted by molar-refractivity contribution is 14.0. The molecule has 1 atom stereocenters. The maximum Gasteiger partial charge on any atom is 0.387 e. The fourth-order valence-corrected chi connectivity index (χ4v) is 3.18. The fourth-order valence-electron chi connectivity index (χ4n) is 3.18. The molecule has 7 nitrogen and oxygen atoms in total. The molecule has 0 spiro atoms. The third-order valence-electron chi connectivity index (χ3n) is 4.69. The second-order valence-corrected chi connectivity index (χ2v) is 6.92. The molecule has 0 saturated carbocycles. The van der Waals surface area contributed by atoms with E-state index in [1.165, 1.54) is 6.07 Å². The summed E-state index contributed by atoms with van der Waals surface area (Å²) >= 11 is 0. The molecule has 1 unspecified atom stereocenters. The first-order chi connectivity index (χ1) is 14.5. The summed E-state index contributed by atoms with van der Waals surface area (Å²) in [5.41, 5.74) is 1.62. The van der Waals surface area contributed by atoms with Crippen molar-refractivity contribution in [1.29, 1.82) is 0 Å². The van der Waals surface area contributed by atoms with E-state index in [9.17, 15) is 8.78 Å². The Morgan fingerprint density at radius 1 is 1.26 bits per heavy atom. The number of para-hydroxylation sites is 1. The molecule has 1 saturated heterocycles. The van der Waals surface area contributed by atoms with E-state index >= 15 is 0 Å². The smallest absolute Gasteiger partial charge is 0.387 e. The van der Waals surface area contributed by atoms with Gasteiger partial charge in [-0.15, -0.1) is 24.0 Å². The molecule has 10 heteroatoms. The number of pyridine rings is 1. The van der Waals surface area contributed by atoms with E-state index in [4.69, 9.17) is 4.74 Å². The van der Waals surface area contributed by atoms with Gasteiger partial charge in [0.15, 0.2) is 5.96 Å². The second kappa shape index (κ2) is 12.6. The summed E-state index contributed by atoms with van der Waals surface area (Å²) in [7, 11) is 1.65. The van der Waals surface area contributed by atoms with E-state index in [0.717, 1.165) is 24.5 Å². The van der Waals surface area contributed by atoms with Gasteiger partial charge in [-0.1, -0.05) is 24.3 Å². The van der Waals surface area contributed by atoms with Crippen LogP contribution in [0.15, 0.2) is 47.6 Å². The SMILES string of the molecule is CN=C(NCc1ccc(N2CCOC(C)C2)nc1)NCc1ccccc1OC(F)F.I. The Hall–Kier alpha value is -2.21. The van der Waals surface area contributed by atoms with E-state index in [2.05, 4.69) is 37.2 Å². The molecular formula is C21H28F2IN5O2. The highest BCUT2D eigenvalue weighted by Crippen LogP contribution is 2.20. The van der Waals surface area contributed by atoms with Crippen LogP contribution < -0.4 is 20.3 Å². The number of halogens is 3. The Morgan fingerprint density at radius 2 is 2.03 bits per heavy atom. The van der Waals surface area contributed by atoms with E-state index in [0.29, 0.717) is 31.2 Å². The standard InChI is InChI=1S/C21H27F2N5O2.HI/c1-15-14-28(9-10-29-15)19-8-7-16(11-25-19)12-26-21(24-2)27-13-17-5-3-4-6-18(17)30-20(22)23;/h3-8,11,15,20H,9-10,12-14H2,1-2H3,(H2,24,26,27);1H. The number of alkyl halides is 2. The van der Waals surface area contributed by atoms with Gasteiger partial charge in [-0.3, -0.25) is 4.99 Å². The van der Waals surface area contributed by atoms with Crippen LogP contribution in [0.2, 0.25) is 0 Å². The van der Waals surface area contributed by atoms with Crippen molar-refractivity contribution < 1.29 is 18.3 Å². The average molecular weight is 547 g/mol. The second-order valence-electron chi connectivity index (χ2n) is 6.92. The molecule has 1 fully saturated rings. The number of hydrogen-bond acceptors (Lipinski definition) is 5. The van der Waals surface area contributed by atoms with Crippen molar-refractivity contribution in [2.24, 2.45) is 4.99 Å². The Balaban J connectivity index is 0.00000341. The zero-order chi connectivity index (χ0) is 21.3. The fraction of sp³-hybridized carbons (Fsp3) is 0.429. The molecule has 2 aromatic rings. The Labute approximate surface area is 198 Å². The zero-order valence-electron chi connectivity index (χ0n) is 17.6. The third kappa shape index (κ3) is 7.76. The molecule has 3 rings (SSSR count). The van der Waals surface area contributed by atoms with Gasteiger partial charge in [-0.05, 0) is 24.6 Å². The van der Waals surface area contributed by atoms with Gasteiger partial charge in [0.25, 0.3) is 0 Å². The van der Waals surface area contributed by atoms with Gasteiger partial charge in [-0.2, -0.15) is 8.78 Å². The van der Waals surface area contributed by atoms with Crippen molar-refractivity contribution in [3.63, 3.8) is 0 Å². The van der Waals surface area contributed by atoms with Crippen molar-refractivity contribution in [3.8, 4) is 5.75 Å². The Bertz CT molecular complexity index is 839. The molecule has 0 amide bonds. The Kier molecular flexibility index (Phi) is 10.2. The average Bonchev–Trinajstić information content (AvgIpc) is 2.75. The highest BCUT2D eigenvalue weighted by Gasteiger charge is 2.17. The minimum absolute atomic E-state index is 0. The first kappa shape index (κ1) is 25.1. The van der Waals surface area contributed by atoms with Crippen LogP contribution in [0.1, 0.15) is 18.1 Å². The number of hydrogen-bond donors (Lipinski definition) is 2. The number of ether oxygens (including phenoxy) is 2. The number of aromatic nitrogens is 1. The third-order valence-corrected chi connectivity index (χ3v) is 4.69. The molecule has 1 aromatic carbocycles. The molecule has 31 heavy (non-hydrogen) atoms. The van der Waals surface area contributed by atoms with Crippen LogP contribution >= 0.6 is 24.0 Å². The molecular weight excluding hydrogens is 519 g/mol. The summed E-state index contributed by atoms with van der Waals surface area (Å²) < 4.78 is 35.2. The number of guanidine groups is 1. The van der Waals surface area contributed by atoms with Crippen molar-refractivity contribution in [2.45, 2.75) is 32.7 Å². The predicted octanol–water partition coefficient (Wildman–Crippen LogP) is 3.39. The van der Waals surface area contributed by atoms with E-state index < -0.39 is 6.61 Å². The molecule has 1 aliphatic rings. The predicted molar refractivity (Wildman–Crippen MR) is 127 cm³/mol. The number of benzene rings is 1. The maximum absolute atomic E-state index is 12.5. The maximum atomic E-state index is 12.5. The molecule has 170 valence electrons. The van der Waals surface area contributed by atoms with E-state index in [-0.39, 0.29) is 35.8 Å². The number of aliphatic imine (C=N–C) groups is 1. The quantitative estimate of drug-likeness (QED) is 0.315. The summed E-state index contributed by atoms with van der Waals surface area (Å²) in [5, 5.41) is 6.31. The van der Waals surface area contributed by atoms with Crippen LogP contribution in [0.25, 0.3) is 0 Å². The van der Waals surface area contributed by atoms with Gasteiger partial charge in [-0.25, -0.2) is 4.98 Å². The molecule has 0 aliphatic carbocycles. The molecule has 2 N–H and O–H groups in total. The zero-order valence-corrected chi connectivity index (χ0v) is 19.9. The van der Waals surface area contributed by atoms with E-state index in [1.807, 2.05) is 18.3 Å². The number of rotatable bonds is 7. The van der Waals surface area contributed by atoms with Gasteiger partial charge in [0, 0.05) is 45.0 Å². The topological polar surface area (TPSA) is 71.0 Å². The van der Waals surface area contributed by atoms with Gasteiger partial charge >= 0.3 is 6.61 Å². The summed E-state index contributed by atoms with van der Waals surface area (Å²) in [5.74, 6) is 1.63. The van der Waals surface area contributed by atoms with Crippen molar-refractivity contribution >= 4 is 35.8 Å². The van der Waals surface area contributed by atoms with Crippen molar-refractivity contribution in [1.82, 2.24) is 15.6 Å². The van der Waals surface area contributed by atoms with Gasteiger partial charge in [0.05, 0.1) is 12.7 Å². The lowest BCUT2D eigenvalue weighted by molar-refractivity contribution is -0.0504. The summed E-state index contributed by atoms with van der Waals surface area (Å²) in [6, 6.07) is 10.7. The van der Waals surface area contributed by atoms with Gasteiger partial charge < -0.3 is 25.0 Å². The van der Waals surface area contributed by atoms with Crippen LogP contribution in [-0.4, -0.2) is 50.4 Å². The molecule has 2 heterocycles. The van der Waals surface area contributed by atoms with Crippen molar-refractivity contribution in [2.75, 3.05) is 31.6 Å². The summed E-state index contributed by atoms with van der Waals surface area (Å²) in [4.78, 5) is 10.9. The van der Waals surface area contributed by atoms with Crippen LogP contribution in [0, 0.1) is 0 Å². The number of morpholine rings is 1. The number of nitrogens with zero attached hydrogens (tertiary/aromatic N) is 3. The number of anilines is 1. The molecule has 1 aliphatic heterocycles. The minimum atomic E-state index is -2.86. The largest absolute Gasteiger partial charge is 0.434 e. The normalized spacial score (nSPS) is 16.6.